The van der Waals surface area contributed by atoms with Gasteiger partial charge in [0, 0.05) is 11.8 Å². The maximum absolute atomic E-state index is 14.6. The molecule has 0 spiro atoms. The third kappa shape index (κ3) is 4.16. The van der Waals surface area contributed by atoms with Gasteiger partial charge in [-0.15, -0.1) is 0 Å². The molecule has 174 valence electrons. The van der Waals surface area contributed by atoms with Crippen LogP contribution in [0.2, 0.25) is 0 Å². The Hall–Kier alpha value is -3.66. The van der Waals surface area contributed by atoms with Gasteiger partial charge in [0.2, 0.25) is 0 Å². The molecule has 3 aromatic heterocycles. The average Bonchev–Trinajstić information content (AvgIpc) is 3.36. The Morgan fingerprint density at radius 1 is 1.21 bits per heavy atom. The molecule has 4 aromatic rings. The first-order chi connectivity index (χ1) is 16.3. The normalized spacial score (nSPS) is 17.2. The molecular weight excluding hydrogens is 457 g/mol. The zero-order valence-electron chi connectivity index (χ0n) is 18.4. The van der Waals surface area contributed by atoms with Crippen LogP contribution >= 0.6 is 0 Å². The van der Waals surface area contributed by atoms with Crippen molar-refractivity contribution in [3.8, 4) is 11.3 Å². The predicted molar refractivity (Wildman–Crippen MR) is 125 cm³/mol. The molecule has 0 aliphatic carbocycles. The number of rotatable bonds is 5. The highest BCUT2D eigenvalue weighted by Gasteiger charge is 2.32. The van der Waals surface area contributed by atoms with E-state index in [9.17, 15) is 17.6 Å². The van der Waals surface area contributed by atoms with Gasteiger partial charge in [-0.3, -0.25) is 9.78 Å². The molecule has 1 saturated heterocycles. The van der Waals surface area contributed by atoms with Crippen LogP contribution in [0.4, 0.5) is 4.39 Å². The highest BCUT2D eigenvalue weighted by molar-refractivity contribution is 7.91. The van der Waals surface area contributed by atoms with Crippen LogP contribution in [0.15, 0.2) is 54.7 Å². The van der Waals surface area contributed by atoms with Crippen molar-refractivity contribution in [1.29, 1.82) is 0 Å². The second-order valence-electron chi connectivity index (χ2n) is 8.32. The number of hydrogen-bond donors (Lipinski definition) is 1. The Morgan fingerprint density at radius 3 is 2.71 bits per heavy atom. The minimum Gasteiger partial charge on any atom is -0.346 e. The van der Waals surface area contributed by atoms with Crippen molar-refractivity contribution in [2.45, 2.75) is 25.9 Å². The number of nitrogens with one attached hydrogen (secondary N) is 1. The van der Waals surface area contributed by atoms with E-state index in [4.69, 9.17) is 0 Å². The second kappa shape index (κ2) is 8.60. The Labute approximate surface area is 195 Å². The molecule has 34 heavy (non-hydrogen) atoms. The number of aromatic nitrogens is 4. The van der Waals surface area contributed by atoms with Crippen LogP contribution in [0.25, 0.3) is 22.3 Å². The lowest BCUT2D eigenvalue weighted by Gasteiger charge is -2.12. The predicted octanol–water partition coefficient (Wildman–Crippen LogP) is 3.23. The Morgan fingerprint density at radius 2 is 2.00 bits per heavy atom. The minimum atomic E-state index is -3.17. The van der Waals surface area contributed by atoms with Crippen LogP contribution in [0.3, 0.4) is 0 Å². The maximum Gasteiger partial charge on any atom is 0.252 e. The fourth-order valence-corrected chi connectivity index (χ4v) is 5.98. The highest BCUT2D eigenvalue weighted by atomic mass is 32.2. The number of carbonyl (C=O) groups is 1. The number of pyridine rings is 2. The summed E-state index contributed by atoms with van der Waals surface area (Å²) in [6.45, 7) is 1.97. The summed E-state index contributed by atoms with van der Waals surface area (Å²) in [5.41, 5.74) is 2.42. The summed E-state index contributed by atoms with van der Waals surface area (Å²) in [6, 6.07) is 12.8. The molecular formula is C24H22FN5O3S. The van der Waals surface area contributed by atoms with Gasteiger partial charge in [-0.25, -0.2) is 22.5 Å². The molecule has 8 nitrogen and oxygen atoms in total. The summed E-state index contributed by atoms with van der Waals surface area (Å²) >= 11 is 0. The van der Waals surface area contributed by atoms with Gasteiger partial charge in [0.1, 0.15) is 5.82 Å². The highest BCUT2D eigenvalue weighted by Crippen LogP contribution is 2.32. The van der Waals surface area contributed by atoms with Crippen molar-refractivity contribution in [3.05, 3.63) is 77.5 Å². The summed E-state index contributed by atoms with van der Waals surface area (Å²) in [7, 11) is -3.17. The van der Waals surface area contributed by atoms with Gasteiger partial charge in [0.15, 0.2) is 15.5 Å². The first-order valence-corrected chi connectivity index (χ1v) is 12.7. The number of fused-ring (bicyclic) bond motifs is 1. The molecule has 4 heterocycles. The number of aryl methyl sites for hydroxylation is 1. The van der Waals surface area contributed by atoms with E-state index in [-0.39, 0.29) is 35.2 Å². The number of sulfone groups is 1. The maximum atomic E-state index is 14.6. The summed E-state index contributed by atoms with van der Waals surface area (Å²) in [5, 5.41) is 7.94. The average molecular weight is 480 g/mol. The van der Waals surface area contributed by atoms with Gasteiger partial charge in [-0.05, 0) is 43.7 Å². The molecule has 0 radical (unpaired) electrons. The van der Waals surface area contributed by atoms with E-state index in [2.05, 4.69) is 20.4 Å². The Kier molecular flexibility index (Phi) is 5.60. The molecule has 1 amide bonds. The largest absolute Gasteiger partial charge is 0.346 e. The Bertz CT molecular complexity index is 1500. The van der Waals surface area contributed by atoms with E-state index >= 15 is 0 Å². The van der Waals surface area contributed by atoms with E-state index in [1.165, 1.54) is 6.07 Å². The molecule has 1 aliphatic heterocycles. The zero-order valence-corrected chi connectivity index (χ0v) is 19.2. The third-order valence-electron chi connectivity index (χ3n) is 5.94. The lowest BCUT2D eigenvalue weighted by molar-refractivity contribution is 0.0952. The van der Waals surface area contributed by atoms with Crippen LogP contribution in [0.5, 0.6) is 0 Å². The number of amides is 1. The molecule has 1 N–H and O–H groups in total. The molecule has 0 bridgehead atoms. The molecule has 5 rings (SSSR count). The van der Waals surface area contributed by atoms with Crippen molar-refractivity contribution in [2.24, 2.45) is 0 Å². The molecule has 1 unspecified atom stereocenters. The van der Waals surface area contributed by atoms with Crippen molar-refractivity contribution in [1.82, 2.24) is 25.1 Å². The first kappa shape index (κ1) is 22.1. The van der Waals surface area contributed by atoms with Crippen molar-refractivity contribution >= 4 is 26.8 Å². The second-order valence-corrected chi connectivity index (χ2v) is 10.6. The van der Waals surface area contributed by atoms with Gasteiger partial charge >= 0.3 is 0 Å². The van der Waals surface area contributed by atoms with E-state index < -0.39 is 21.7 Å². The number of benzene rings is 1. The molecule has 1 aromatic carbocycles. The quantitative estimate of drug-likeness (QED) is 0.471. The van der Waals surface area contributed by atoms with E-state index in [1.807, 2.05) is 6.07 Å². The summed E-state index contributed by atoms with van der Waals surface area (Å²) in [6.07, 6.45) is 2.05. The molecule has 1 fully saturated rings. The van der Waals surface area contributed by atoms with Crippen LogP contribution in [0, 0.1) is 12.7 Å². The van der Waals surface area contributed by atoms with Gasteiger partial charge in [-0.2, -0.15) is 5.10 Å². The Balaban J connectivity index is 1.64. The number of carbonyl (C=O) groups excluding carboxylic acids is 1. The van der Waals surface area contributed by atoms with Crippen LogP contribution in [-0.2, 0) is 16.4 Å². The molecule has 10 heteroatoms. The summed E-state index contributed by atoms with van der Waals surface area (Å²) in [4.78, 5) is 22.2. The van der Waals surface area contributed by atoms with Crippen LogP contribution in [-0.4, -0.2) is 45.6 Å². The molecule has 1 atom stereocenters. The van der Waals surface area contributed by atoms with Gasteiger partial charge in [0.25, 0.3) is 5.91 Å². The van der Waals surface area contributed by atoms with Crippen molar-refractivity contribution < 1.29 is 17.6 Å². The first-order valence-electron chi connectivity index (χ1n) is 10.9. The van der Waals surface area contributed by atoms with Crippen LogP contribution in [0.1, 0.15) is 34.2 Å². The topological polar surface area (TPSA) is 107 Å². The smallest absolute Gasteiger partial charge is 0.252 e. The molecule has 1 aliphatic rings. The fraction of sp³-hybridized carbons (Fsp3) is 0.250. The van der Waals surface area contributed by atoms with E-state index in [0.29, 0.717) is 34.4 Å². The van der Waals surface area contributed by atoms with Gasteiger partial charge < -0.3 is 5.32 Å². The lowest BCUT2D eigenvalue weighted by atomic mass is 10.0. The lowest BCUT2D eigenvalue weighted by Crippen LogP contribution is -2.24. The zero-order chi connectivity index (χ0) is 23.9. The molecule has 0 saturated carbocycles. The van der Waals surface area contributed by atoms with Crippen LogP contribution < -0.4 is 5.32 Å². The van der Waals surface area contributed by atoms with E-state index in [1.54, 1.807) is 54.2 Å². The monoisotopic (exact) mass is 479 g/mol. The number of hydrogen-bond acceptors (Lipinski definition) is 6. The van der Waals surface area contributed by atoms with E-state index in [0.717, 1.165) is 0 Å². The third-order valence-corrected chi connectivity index (χ3v) is 7.69. The standard InChI is InChI=1S/C24H22FN5O3S/c1-15-22-19(24(31)27-13-16-6-4-5-10-26-16)12-21(18-7-2-3-8-20(18)25)28-23(22)30(29-15)17-9-11-34(32,33)14-17/h2-8,10,12,17H,9,11,13-14H2,1H3,(H,27,31). The minimum absolute atomic E-state index is 0.0456. The van der Waals surface area contributed by atoms with Crippen molar-refractivity contribution in [3.63, 3.8) is 0 Å². The fourth-order valence-electron chi connectivity index (χ4n) is 4.29. The summed E-state index contributed by atoms with van der Waals surface area (Å²) < 4.78 is 40.4. The number of nitrogens with zero attached hydrogens (tertiary/aromatic N) is 4. The van der Waals surface area contributed by atoms with Gasteiger partial charge in [0.05, 0.1) is 52.1 Å². The van der Waals surface area contributed by atoms with Crippen molar-refractivity contribution in [2.75, 3.05) is 11.5 Å². The SMILES string of the molecule is Cc1nn(C2CCS(=O)(=O)C2)c2nc(-c3ccccc3F)cc(C(=O)NCc3ccccn3)c12. The summed E-state index contributed by atoms with van der Waals surface area (Å²) in [5.74, 6) is -0.823. The van der Waals surface area contributed by atoms with Gasteiger partial charge in [-0.1, -0.05) is 18.2 Å². The number of halogens is 1.